The molecule has 0 spiro atoms. The maximum absolute atomic E-state index is 11.7. The van der Waals surface area contributed by atoms with Crippen LogP contribution in [0.4, 0.5) is 5.69 Å². The monoisotopic (exact) mass is 285 g/mol. The number of nitro groups is 1. The Bertz CT molecular complexity index is 519. The zero-order valence-electron chi connectivity index (χ0n) is 10.1. The second-order valence-corrected chi connectivity index (χ2v) is 4.01. The van der Waals surface area contributed by atoms with Crippen LogP contribution in [-0.4, -0.2) is 30.3 Å². The molecule has 0 aliphatic rings. The van der Waals surface area contributed by atoms with Crippen LogP contribution in [0.15, 0.2) is 18.2 Å². The van der Waals surface area contributed by atoms with Gasteiger partial charge in [0.25, 0.3) is 11.6 Å². The molecule has 0 fully saturated rings. The third-order valence-electron chi connectivity index (χ3n) is 2.32. The van der Waals surface area contributed by atoms with Crippen LogP contribution in [0.2, 0.25) is 5.02 Å². The summed E-state index contributed by atoms with van der Waals surface area (Å²) in [6.07, 6.45) is 0.137. The Labute approximate surface area is 114 Å². The van der Waals surface area contributed by atoms with E-state index in [1.54, 1.807) is 0 Å². The molecule has 0 heterocycles. The Hall–Kier alpha value is -2.15. The van der Waals surface area contributed by atoms with Crippen molar-refractivity contribution in [3.8, 4) is 0 Å². The molecule has 1 aromatic carbocycles. The number of nitrogens with one attached hydrogen (secondary N) is 2. The van der Waals surface area contributed by atoms with Crippen LogP contribution < -0.4 is 10.6 Å². The first-order valence-corrected chi connectivity index (χ1v) is 5.76. The van der Waals surface area contributed by atoms with E-state index in [1.165, 1.54) is 19.2 Å². The zero-order valence-corrected chi connectivity index (χ0v) is 10.9. The predicted molar refractivity (Wildman–Crippen MR) is 69.1 cm³/mol. The van der Waals surface area contributed by atoms with Gasteiger partial charge in [-0.3, -0.25) is 19.7 Å². The summed E-state index contributed by atoms with van der Waals surface area (Å²) >= 11 is 5.63. The normalized spacial score (nSPS) is 9.79. The van der Waals surface area contributed by atoms with Crippen molar-refractivity contribution in [2.24, 2.45) is 0 Å². The number of benzene rings is 1. The molecule has 2 amide bonds. The third kappa shape index (κ3) is 4.22. The van der Waals surface area contributed by atoms with E-state index in [0.717, 1.165) is 6.07 Å². The van der Waals surface area contributed by atoms with E-state index in [4.69, 9.17) is 11.6 Å². The highest BCUT2D eigenvalue weighted by Gasteiger charge is 2.16. The summed E-state index contributed by atoms with van der Waals surface area (Å²) in [5.41, 5.74) is -0.214. The van der Waals surface area contributed by atoms with Gasteiger partial charge in [0.2, 0.25) is 5.91 Å². The van der Waals surface area contributed by atoms with Crippen molar-refractivity contribution in [3.05, 3.63) is 38.9 Å². The van der Waals surface area contributed by atoms with Gasteiger partial charge in [-0.15, -0.1) is 0 Å². The lowest BCUT2D eigenvalue weighted by Gasteiger charge is -2.05. The van der Waals surface area contributed by atoms with E-state index >= 15 is 0 Å². The van der Waals surface area contributed by atoms with Crippen molar-refractivity contribution < 1.29 is 14.5 Å². The number of rotatable bonds is 5. The molecule has 1 aromatic rings. The molecule has 0 unspecified atom stereocenters. The first kappa shape index (κ1) is 14.9. The summed E-state index contributed by atoms with van der Waals surface area (Å²) < 4.78 is 0. The molecule has 0 atom stereocenters. The Kier molecular flexibility index (Phi) is 5.25. The van der Waals surface area contributed by atoms with Crippen LogP contribution in [-0.2, 0) is 4.79 Å². The van der Waals surface area contributed by atoms with Gasteiger partial charge in [-0.25, -0.2) is 0 Å². The molecular weight excluding hydrogens is 274 g/mol. The second kappa shape index (κ2) is 6.69. The van der Waals surface area contributed by atoms with E-state index in [0.29, 0.717) is 0 Å². The number of carbonyl (C=O) groups excluding carboxylic acids is 2. The molecule has 0 aromatic heterocycles. The Morgan fingerprint density at radius 1 is 1.42 bits per heavy atom. The van der Waals surface area contributed by atoms with Gasteiger partial charge >= 0.3 is 0 Å². The molecule has 0 radical (unpaired) electrons. The summed E-state index contributed by atoms with van der Waals surface area (Å²) in [7, 11) is 1.49. The van der Waals surface area contributed by atoms with Crippen molar-refractivity contribution in [2.45, 2.75) is 6.42 Å². The fourth-order valence-corrected chi connectivity index (χ4v) is 1.50. The van der Waals surface area contributed by atoms with Gasteiger partial charge in [-0.2, -0.15) is 0 Å². The summed E-state index contributed by atoms with van der Waals surface area (Å²) in [5, 5.41) is 15.5. The van der Waals surface area contributed by atoms with Gasteiger partial charge in [0.05, 0.1) is 4.92 Å². The van der Waals surface area contributed by atoms with Gasteiger partial charge in [-0.1, -0.05) is 11.6 Å². The standard InChI is InChI=1S/C11H12ClN3O4/c1-13-10(16)4-5-14-11(17)7-2-3-8(12)9(6-7)15(18)19/h2-3,6H,4-5H2,1H3,(H,13,16)(H,14,17). The maximum atomic E-state index is 11.7. The molecule has 19 heavy (non-hydrogen) atoms. The van der Waals surface area contributed by atoms with Crippen molar-refractivity contribution in [1.29, 1.82) is 0 Å². The lowest BCUT2D eigenvalue weighted by atomic mass is 10.2. The maximum Gasteiger partial charge on any atom is 0.288 e. The Morgan fingerprint density at radius 3 is 2.68 bits per heavy atom. The van der Waals surface area contributed by atoms with E-state index in [2.05, 4.69) is 10.6 Å². The average Bonchev–Trinajstić information content (AvgIpc) is 2.38. The average molecular weight is 286 g/mol. The third-order valence-corrected chi connectivity index (χ3v) is 2.64. The molecule has 0 saturated heterocycles. The number of hydrogen-bond acceptors (Lipinski definition) is 4. The molecule has 0 saturated carbocycles. The fraction of sp³-hybridized carbons (Fsp3) is 0.273. The topological polar surface area (TPSA) is 101 Å². The molecule has 2 N–H and O–H groups in total. The number of halogens is 1. The second-order valence-electron chi connectivity index (χ2n) is 3.60. The van der Waals surface area contributed by atoms with Crippen LogP contribution in [0.5, 0.6) is 0 Å². The van der Waals surface area contributed by atoms with Crippen LogP contribution in [0.3, 0.4) is 0 Å². The highest BCUT2D eigenvalue weighted by atomic mass is 35.5. The van der Waals surface area contributed by atoms with Gasteiger partial charge in [0.1, 0.15) is 5.02 Å². The smallest absolute Gasteiger partial charge is 0.288 e. The van der Waals surface area contributed by atoms with Gasteiger partial charge in [-0.05, 0) is 12.1 Å². The van der Waals surface area contributed by atoms with Crippen LogP contribution >= 0.6 is 11.6 Å². The van der Waals surface area contributed by atoms with Gasteiger partial charge in [0, 0.05) is 31.6 Å². The van der Waals surface area contributed by atoms with Gasteiger partial charge in [0.15, 0.2) is 0 Å². The van der Waals surface area contributed by atoms with Crippen molar-refractivity contribution in [2.75, 3.05) is 13.6 Å². The number of carbonyl (C=O) groups is 2. The molecule has 0 bridgehead atoms. The first-order chi connectivity index (χ1) is 8.95. The number of hydrogen-bond donors (Lipinski definition) is 2. The molecular formula is C11H12ClN3O4. The first-order valence-electron chi connectivity index (χ1n) is 5.38. The van der Waals surface area contributed by atoms with Crippen LogP contribution in [0, 0.1) is 10.1 Å². The summed E-state index contributed by atoms with van der Waals surface area (Å²) in [5.74, 6) is -0.703. The highest BCUT2D eigenvalue weighted by molar-refractivity contribution is 6.32. The minimum absolute atomic E-state index is 0.0353. The number of amides is 2. The lowest BCUT2D eigenvalue weighted by Crippen LogP contribution is -2.29. The molecule has 1 rings (SSSR count). The van der Waals surface area contributed by atoms with Crippen molar-refractivity contribution >= 4 is 29.1 Å². The Morgan fingerprint density at radius 2 is 2.11 bits per heavy atom. The SMILES string of the molecule is CNC(=O)CCNC(=O)c1ccc(Cl)c([N+](=O)[O-])c1. The van der Waals surface area contributed by atoms with Crippen molar-refractivity contribution in [1.82, 2.24) is 10.6 Å². The number of nitrogens with zero attached hydrogens (tertiary/aromatic N) is 1. The zero-order chi connectivity index (χ0) is 14.4. The van der Waals surface area contributed by atoms with Crippen LogP contribution in [0.1, 0.15) is 16.8 Å². The minimum atomic E-state index is -0.663. The summed E-state index contributed by atoms with van der Waals surface area (Å²) in [6.45, 7) is 0.148. The molecule has 102 valence electrons. The van der Waals surface area contributed by atoms with E-state index < -0.39 is 10.8 Å². The summed E-state index contributed by atoms with van der Waals surface area (Å²) in [6, 6.07) is 3.76. The van der Waals surface area contributed by atoms with Crippen LogP contribution in [0.25, 0.3) is 0 Å². The largest absolute Gasteiger partial charge is 0.359 e. The predicted octanol–water partition coefficient (Wildman–Crippen LogP) is 1.11. The quantitative estimate of drug-likeness (QED) is 0.625. The summed E-state index contributed by atoms with van der Waals surface area (Å²) in [4.78, 5) is 32.7. The van der Waals surface area contributed by atoms with E-state index in [1.807, 2.05) is 0 Å². The minimum Gasteiger partial charge on any atom is -0.359 e. The van der Waals surface area contributed by atoms with E-state index in [9.17, 15) is 19.7 Å². The van der Waals surface area contributed by atoms with Gasteiger partial charge < -0.3 is 10.6 Å². The van der Waals surface area contributed by atoms with Crippen molar-refractivity contribution in [3.63, 3.8) is 0 Å². The molecule has 8 heteroatoms. The van der Waals surface area contributed by atoms with E-state index in [-0.39, 0.29) is 35.1 Å². The molecule has 0 aliphatic carbocycles. The molecule has 7 nitrogen and oxygen atoms in total. The number of nitro benzene ring substituents is 1. The molecule has 0 aliphatic heterocycles. The Balaban J connectivity index is 2.70. The lowest BCUT2D eigenvalue weighted by molar-refractivity contribution is -0.384. The highest BCUT2D eigenvalue weighted by Crippen LogP contribution is 2.24. The fourth-order valence-electron chi connectivity index (χ4n) is 1.31.